The van der Waals surface area contributed by atoms with E-state index in [2.05, 4.69) is 10.6 Å². The number of nitrogens with two attached hydrogens (primary N) is 1. The van der Waals surface area contributed by atoms with Crippen molar-refractivity contribution >= 4 is 11.8 Å². The first-order chi connectivity index (χ1) is 8.47. The molecule has 0 fully saturated rings. The maximum absolute atomic E-state index is 11.6. The highest BCUT2D eigenvalue weighted by molar-refractivity contribution is 5.78. The van der Waals surface area contributed by atoms with Crippen LogP contribution in [0.5, 0.6) is 0 Å². The molecule has 0 atom stereocenters. The van der Waals surface area contributed by atoms with Gasteiger partial charge in [-0.2, -0.15) is 0 Å². The van der Waals surface area contributed by atoms with Crippen LogP contribution in [0.25, 0.3) is 0 Å². The van der Waals surface area contributed by atoms with Gasteiger partial charge >= 0.3 is 0 Å². The molecule has 5 heteroatoms. The molecule has 0 aliphatic rings. The van der Waals surface area contributed by atoms with E-state index in [0.717, 1.165) is 12.8 Å². The zero-order valence-electron chi connectivity index (χ0n) is 11.8. The van der Waals surface area contributed by atoms with Crippen LogP contribution in [0.4, 0.5) is 0 Å². The number of nitrogens with one attached hydrogen (secondary N) is 2. The first-order valence-electron chi connectivity index (χ1n) is 6.79. The SMILES string of the molecule is CCNC(=O)CCCC(=O)NCC(N)(CC)CC. The molecule has 0 aromatic carbocycles. The van der Waals surface area contributed by atoms with Crippen molar-refractivity contribution in [1.82, 2.24) is 10.6 Å². The molecule has 5 nitrogen and oxygen atoms in total. The molecule has 2 amide bonds. The Hall–Kier alpha value is -1.10. The second-order valence-electron chi connectivity index (χ2n) is 4.65. The van der Waals surface area contributed by atoms with E-state index in [1.807, 2.05) is 20.8 Å². The zero-order valence-corrected chi connectivity index (χ0v) is 11.8. The summed E-state index contributed by atoms with van der Waals surface area (Å²) >= 11 is 0. The summed E-state index contributed by atoms with van der Waals surface area (Å²) in [5.41, 5.74) is 5.77. The van der Waals surface area contributed by atoms with Crippen molar-refractivity contribution in [3.8, 4) is 0 Å². The molecule has 0 aliphatic heterocycles. The van der Waals surface area contributed by atoms with Gasteiger partial charge in [0.05, 0.1) is 0 Å². The molecule has 18 heavy (non-hydrogen) atoms. The van der Waals surface area contributed by atoms with E-state index < -0.39 is 0 Å². The van der Waals surface area contributed by atoms with Gasteiger partial charge in [-0.15, -0.1) is 0 Å². The number of carbonyl (C=O) groups is 2. The lowest BCUT2D eigenvalue weighted by atomic mass is 9.94. The summed E-state index contributed by atoms with van der Waals surface area (Å²) in [7, 11) is 0. The lowest BCUT2D eigenvalue weighted by Gasteiger charge is -2.26. The molecular weight excluding hydrogens is 230 g/mol. The van der Waals surface area contributed by atoms with Gasteiger partial charge in [-0.3, -0.25) is 9.59 Å². The van der Waals surface area contributed by atoms with E-state index in [9.17, 15) is 9.59 Å². The van der Waals surface area contributed by atoms with Gasteiger partial charge in [-0.25, -0.2) is 0 Å². The van der Waals surface area contributed by atoms with Gasteiger partial charge in [0.1, 0.15) is 0 Å². The fraction of sp³-hybridized carbons (Fsp3) is 0.846. The Kier molecular flexibility index (Phi) is 8.37. The Balaban J connectivity index is 3.75. The summed E-state index contributed by atoms with van der Waals surface area (Å²) in [5.74, 6) is -0.0309. The smallest absolute Gasteiger partial charge is 0.220 e. The Morgan fingerprint density at radius 3 is 1.94 bits per heavy atom. The molecule has 0 aliphatic carbocycles. The molecule has 0 heterocycles. The molecule has 0 saturated heterocycles. The molecule has 0 unspecified atom stereocenters. The molecule has 0 aromatic heterocycles. The molecule has 0 rings (SSSR count). The van der Waals surface area contributed by atoms with Gasteiger partial charge in [0, 0.05) is 31.5 Å². The summed E-state index contributed by atoms with van der Waals surface area (Å²) in [5, 5.41) is 5.54. The van der Waals surface area contributed by atoms with E-state index in [-0.39, 0.29) is 17.4 Å². The van der Waals surface area contributed by atoms with E-state index >= 15 is 0 Å². The summed E-state index contributed by atoms with van der Waals surface area (Å²) in [6.45, 7) is 7.05. The fourth-order valence-electron chi connectivity index (χ4n) is 1.56. The minimum atomic E-state index is -0.310. The minimum Gasteiger partial charge on any atom is -0.356 e. The Morgan fingerprint density at radius 1 is 1.00 bits per heavy atom. The Morgan fingerprint density at radius 2 is 1.50 bits per heavy atom. The van der Waals surface area contributed by atoms with Crippen LogP contribution in [0.2, 0.25) is 0 Å². The largest absolute Gasteiger partial charge is 0.356 e. The molecular formula is C13H27N3O2. The first kappa shape index (κ1) is 16.9. The van der Waals surface area contributed by atoms with E-state index in [1.54, 1.807) is 0 Å². The van der Waals surface area contributed by atoms with Gasteiger partial charge in [-0.1, -0.05) is 13.8 Å². The van der Waals surface area contributed by atoms with Crippen molar-refractivity contribution in [2.75, 3.05) is 13.1 Å². The normalized spacial score (nSPS) is 11.1. The minimum absolute atomic E-state index is 0.000544. The lowest BCUT2D eigenvalue weighted by Crippen LogP contribution is -2.49. The maximum atomic E-state index is 11.6. The Labute approximate surface area is 110 Å². The topological polar surface area (TPSA) is 84.2 Å². The third-order valence-electron chi connectivity index (χ3n) is 3.23. The highest BCUT2D eigenvalue weighted by Gasteiger charge is 2.20. The Bertz CT molecular complexity index is 263. The zero-order chi connectivity index (χ0) is 14.0. The third kappa shape index (κ3) is 7.27. The summed E-state index contributed by atoms with van der Waals surface area (Å²) < 4.78 is 0. The lowest BCUT2D eigenvalue weighted by molar-refractivity contribution is -0.122. The van der Waals surface area contributed by atoms with Crippen LogP contribution in [-0.4, -0.2) is 30.4 Å². The van der Waals surface area contributed by atoms with Gasteiger partial charge in [-0.05, 0) is 26.2 Å². The van der Waals surface area contributed by atoms with Crippen LogP contribution in [-0.2, 0) is 9.59 Å². The molecule has 106 valence electrons. The monoisotopic (exact) mass is 257 g/mol. The predicted molar refractivity (Wildman–Crippen MR) is 73.0 cm³/mol. The summed E-state index contributed by atoms with van der Waals surface area (Å²) in [4.78, 5) is 22.7. The molecule has 0 bridgehead atoms. The van der Waals surface area contributed by atoms with Crippen LogP contribution in [0.3, 0.4) is 0 Å². The van der Waals surface area contributed by atoms with E-state index in [1.165, 1.54) is 0 Å². The molecule has 0 saturated carbocycles. The van der Waals surface area contributed by atoms with Crippen LogP contribution in [0, 0.1) is 0 Å². The van der Waals surface area contributed by atoms with Crippen molar-refractivity contribution in [3.05, 3.63) is 0 Å². The summed E-state index contributed by atoms with van der Waals surface area (Å²) in [6, 6.07) is 0. The summed E-state index contributed by atoms with van der Waals surface area (Å²) in [6.07, 6.45) is 3.02. The number of amides is 2. The molecule has 4 N–H and O–H groups in total. The van der Waals surface area contributed by atoms with E-state index in [0.29, 0.717) is 32.4 Å². The first-order valence-corrected chi connectivity index (χ1v) is 6.79. The second kappa shape index (κ2) is 8.91. The number of carbonyl (C=O) groups excluding carboxylic acids is 2. The van der Waals surface area contributed by atoms with Gasteiger partial charge in [0.15, 0.2) is 0 Å². The average Bonchev–Trinajstić information content (AvgIpc) is 2.36. The van der Waals surface area contributed by atoms with Crippen molar-refractivity contribution < 1.29 is 9.59 Å². The molecule has 0 radical (unpaired) electrons. The number of rotatable bonds is 9. The maximum Gasteiger partial charge on any atom is 0.220 e. The van der Waals surface area contributed by atoms with Gasteiger partial charge < -0.3 is 16.4 Å². The van der Waals surface area contributed by atoms with Crippen molar-refractivity contribution in [3.63, 3.8) is 0 Å². The average molecular weight is 257 g/mol. The van der Waals surface area contributed by atoms with Crippen LogP contribution < -0.4 is 16.4 Å². The standard InChI is InChI=1S/C13H27N3O2/c1-4-13(14,5-2)10-16-12(18)9-7-8-11(17)15-6-3/h4-10,14H2,1-3H3,(H,15,17)(H,16,18). The third-order valence-corrected chi connectivity index (χ3v) is 3.23. The van der Waals surface area contributed by atoms with Gasteiger partial charge in [0.2, 0.25) is 11.8 Å². The number of hydrogen-bond acceptors (Lipinski definition) is 3. The van der Waals surface area contributed by atoms with E-state index in [4.69, 9.17) is 5.73 Å². The van der Waals surface area contributed by atoms with Crippen LogP contribution in [0.1, 0.15) is 52.9 Å². The molecule has 0 aromatic rings. The van der Waals surface area contributed by atoms with Crippen LogP contribution in [0.15, 0.2) is 0 Å². The highest BCUT2D eigenvalue weighted by atomic mass is 16.2. The van der Waals surface area contributed by atoms with Gasteiger partial charge in [0.25, 0.3) is 0 Å². The molecule has 0 spiro atoms. The second-order valence-corrected chi connectivity index (χ2v) is 4.65. The van der Waals surface area contributed by atoms with Crippen LogP contribution >= 0.6 is 0 Å². The van der Waals surface area contributed by atoms with Crippen molar-refractivity contribution in [2.24, 2.45) is 5.73 Å². The fourth-order valence-corrected chi connectivity index (χ4v) is 1.56. The quantitative estimate of drug-likeness (QED) is 0.574. The highest BCUT2D eigenvalue weighted by Crippen LogP contribution is 2.09. The van der Waals surface area contributed by atoms with Crippen molar-refractivity contribution in [1.29, 1.82) is 0 Å². The number of hydrogen-bond donors (Lipinski definition) is 3. The predicted octanol–water partition coefficient (Wildman–Crippen LogP) is 0.927. The van der Waals surface area contributed by atoms with Crippen molar-refractivity contribution in [2.45, 2.75) is 58.4 Å².